The molecule has 0 amide bonds. The van der Waals surface area contributed by atoms with Crippen LogP contribution in [0.15, 0.2) is 30.3 Å². The lowest BCUT2D eigenvalue weighted by Crippen LogP contribution is -1.89. The van der Waals surface area contributed by atoms with Crippen LogP contribution in [0.2, 0.25) is 10.0 Å². The third-order valence-electron chi connectivity index (χ3n) is 2.81. The van der Waals surface area contributed by atoms with Gasteiger partial charge in [0.05, 0.1) is 0 Å². The molecular weight excluding hydrogens is 303 g/mol. The van der Waals surface area contributed by atoms with Crippen LogP contribution in [0, 0.1) is 13.8 Å². The molecule has 0 saturated heterocycles. The molecule has 0 atom stereocenters. The first kappa shape index (κ1) is 14.5. The van der Waals surface area contributed by atoms with E-state index in [0.717, 1.165) is 27.5 Å². The zero-order valence-corrected chi connectivity index (χ0v) is 12.9. The van der Waals surface area contributed by atoms with E-state index in [1.807, 2.05) is 38.1 Å². The Hall–Kier alpha value is -0.890. The van der Waals surface area contributed by atoms with E-state index >= 15 is 0 Å². The quantitative estimate of drug-likeness (QED) is 0.618. The highest BCUT2D eigenvalue weighted by Crippen LogP contribution is 2.31. The lowest BCUT2D eigenvalue weighted by Gasteiger charge is -2.10. The van der Waals surface area contributed by atoms with Gasteiger partial charge in [0, 0.05) is 15.9 Å². The van der Waals surface area contributed by atoms with Crippen LogP contribution in [-0.2, 0) is 5.88 Å². The summed E-state index contributed by atoms with van der Waals surface area (Å²) in [6, 6.07) is 9.28. The molecular formula is C15H13Cl3O. The average Bonchev–Trinajstić information content (AvgIpc) is 2.36. The van der Waals surface area contributed by atoms with Gasteiger partial charge in [-0.2, -0.15) is 0 Å². The monoisotopic (exact) mass is 314 g/mol. The van der Waals surface area contributed by atoms with Crippen LogP contribution in [0.25, 0.3) is 0 Å². The first-order valence-corrected chi connectivity index (χ1v) is 7.09. The summed E-state index contributed by atoms with van der Waals surface area (Å²) < 4.78 is 5.79. The van der Waals surface area contributed by atoms with Crippen LogP contribution < -0.4 is 4.74 Å². The maximum absolute atomic E-state index is 6.13. The summed E-state index contributed by atoms with van der Waals surface area (Å²) in [6.45, 7) is 3.90. The van der Waals surface area contributed by atoms with Crippen LogP contribution in [-0.4, -0.2) is 0 Å². The molecule has 100 valence electrons. The zero-order valence-electron chi connectivity index (χ0n) is 10.6. The first-order valence-electron chi connectivity index (χ1n) is 5.80. The highest BCUT2D eigenvalue weighted by atomic mass is 35.5. The molecule has 0 aliphatic heterocycles. The summed E-state index contributed by atoms with van der Waals surface area (Å²) in [5, 5.41) is 1.37. The summed E-state index contributed by atoms with van der Waals surface area (Å²) >= 11 is 18.0. The van der Waals surface area contributed by atoms with E-state index in [-0.39, 0.29) is 0 Å². The van der Waals surface area contributed by atoms with Gasteiger partial charge in [-0.15, -0.1) is 11.6 Å². The number of benzene rings is 2. The van der Waals surface area contributed by atoms with Crippen molar-refractivity contribution in [2.24, 2.45) is 0 Å². The number of ether oxygens (including phenoxy) is 1. The van der Waals surface area contributed by atoms with Crippen LogP contribution in [0.5, 0.6) is 11.5 Å². The van der Waals surface area contributed by atoms with Gasteiger partial charge in [0.15, 0.2) is 0 Å². The SMILES string of the molecule is Cc1cc(Oc2ccc(CCl)c(Cl)c2)cc(C)c1Cl. The second kappa shape index (κ2) is 6.04. The van der Waals surface area contributed by atoms with Crippen molar-refractivity contribution in [3.63, 3.8) is 0 Å². The zero-order chi connectivity index (χ0) is 14.0. The van der Waals surface area contributed by atoms with Crippen molar-refractivity contribution in [3.05, 3.63) is 57.1 Å². The van der Waals surface area contributed by atoms with Crippen molar-refractivity contribution in [1.29, 1.82) is 0 Å². The Labute approximate surface area is 128 Å². The van der Waals surface area contributed by atoms with Crippen molar-refractivity contribution in [2.75, 3.05) is 0 Å². The Balaban J connectivity index is 2.29. The third kappa shape index (κ3) is 3.36. The highest BCUT2D eigenvalue weighted by Gasteiger charge is 2.06. The highest BCUT2D eigenvalue weighted by molar-refractivity contribution is 6.32. The van der Waals surface area contributed by atoms with Crippen LogP contribution >= 0.6 is 34.8 Å². The predicted molar refractivity (Wildman–Crippen MR) is 82.0 cm³/mol. The molecule has 0 spiro atoms. The molecule has 0 aromatic heterocycles. The van der Waals surface area contributed by atoms with Crippen LogP contribution in [0.3, 0.4) is 0 Å². The van der Waals surface area contributed by atoms with Crippen molar-refractivity contribution < 1.29 is 4.74 Å². The minimum Gasteiger partial charge on any atom is -0.457 e. The van der Waals surface area contributed by atoms with E-state index in [0.29, 0.717) is 16.7 Å². The van der Waals surface area contributed by atoms with Gasteiger partial charge in [-0.3, -0.25) is 0 Å². The second-order valence-electron chi connectivity index (χ2n) is 4.36. The van der Waals surface area contributed by atoms with Crippen molar-refractivity contribution >= 4 is 34.8 Å². The maximum Gasteiger partial charge on any atom is 0.128 e. The minimum atomic E-state index is 0.387. The summed E-state index contributed by atoms with van der Waals surface area (Å²) in [4.78, 5) is 0. The Kier molecular flexibility index (Phi) is 4.62. The molecule has 0 fully saturated rings. The average molecular weight is 316 g/mol. The summed E-state index contributed by atoms with van der Waals surface area (Å²) in [5.41, 5.74) is 2.86. The number of aryl methyl sites for hydroxylation is 2. The lowest BCUT2D eigenvalue weighted by molar-refractivity contribution is 0.482. The number of hydrogen-bond acceptors (Lipinski definition) is 1. The number of alkyl halides is 1. The summed E-state index contributed by atoms with van der Waals surface area (Å²) in [6.07, 6.45) is 0. The Morgan fingerprint density at radius 1 is 0.947 bits per heavy atom. The minimum absolute atomic E-state index is 0.387. The Bertz CT molecular complexity index is 585. The van der Waals surface area contributed by atoms with Gasteiger partial charge in [0.25, 0.3) is 0 Å². The van der Waals surface area contributed by atoms with E-state index in [2.05, 4.69) is 0 Å². The fraction of sp³-hybridized carbons (Fsp3) is 0.200. The van der Waals surface area contributed by atoms with Gasteiger partial charge in [0.2, 0.25) is 0 Å². The molecule has 0 bridgehead atoms. The second-order valence-corrected chi connectivity index (χ2v) is 5.41. The van der Waals surface area contributed by atoms with E-state index in [1.165, 1.54) is 0 Å². The van der Waals surface area contributed by atoms with Crippen molar-refractivity contribution in [2.45, 2.75) is 19.7 Å². The standard InChI is InChI=1S/C15H13Cl3O/c1-9-5-13(6-10(2)15(9)18)19-12-4-3-11(8-16)14(17)7-12/h3-7H,8H2,1-2H3. The topological polar surface area (TPSA) is 9.23 Å². The molecule has 0 radical (unpaired) electrons. The van der Waals surface area contributed by atoms with E-state index in [9.17, 15) is 0 Å². The molecule has 2 aromatic carbocycles. The molecule has 1 nitrogen and oxygen atoms in total. The van der Waals surface area contributed by atoms with Gasteiger partial charge in [-0.1, -0.05) is 29.3 Å². The normalized spacial score (nSPS) is 10.6. The molecule has 0 heterocycles. The van der Waals surface area contributed by atoms with Crippen molar-refractivity contribution in [1.82, 2.24) is 0 Å². The van der Waals surface area contributed by atoms with Gasteiger partial charge in [-0.05, 0) is 54.8 Å². The molecule has 19 heavy (non-hydrogen) atoms. The van der Waals surface area contributed by atoms with E-state index in [1.54, 1.807) is 6.07 Å². The lowest BCUT2D eigenvalue weighted by atomic mass is 10.1. The summed E-state index contributed by atoms with van der Waals surface area (Å²) in [7, 11) is 0. The predicted octanol–water partition coefficient (Wildman–Crippen LogP) is 6.14. The molecule has 0 unspecified atom stereocenters. The van der Waals surface area contributed by atoms with Crippen LogP contribution in [0.1, 0.15) is 16.7 Å². The largest absolute Gasteiger partial charge is 0.457 e. The molecule has 2 aromatic rings. The van der Waals surface area contributed by atoms with Gasteiger partial charge < -0.3 is 4.74 Å². The number of rotatable bonds is 3. The van der Waals surface area contributed by atoms with Gasteiger partial charge >= 0.3 is 0 Å². The maximum atomic E-state index is 6.13. The number of hydrogen-bond donors (Lipinski definition) is 0. The first-order chi connectivity index (χ1) is 9.01. The molecule has 0 aliphatic rings. The smallest absolute Gasteiger partial charge is 0.128 e. The molecule has 0 aliphatic carbocycles. The van der Waals surface area contributed by atoms with Gasteiger partial charge in [-0.25, -0.2) is 0 Å². The molecule has 0 saturated carbocycles. The fourth-order valence-electron chi connectivity index (χ4n) is 1.80. The van der Waals surface area contributed by atoms with Crippen molar-refractivity contribution in [3.8, 4) is 11.5 Å². The third-order valence-corrected chi connectivity index (χ3v) is 4.05. The molecule has 4 heteroatoms. The van der Waals surface area contributed by atoms with E-state index in [4.69, 9.17) is 39.5 Å². The fourth-order valence-corrected chi connectivity index (χ4v) is 2.45. The van der Waals surface area contributed by atoms with Gasteiger partial charge in [0.1, 0.15) is 11.5 Å². The van der Waals surface area contributed by atoms with Crippen LogP contribution in [0.4, 0.5) is 0 Å². The summed E-state index contributed by atoms with van der Waals surface area (Å²) in [5.74, 6) is 1.81. The Morgan fingerprint density at radius 2 is 1.58 bits per heavy atom. The Morgan fingerprint density at radius 3 is 2.11 bits per heavy atom. The van der Waals surface area contributed by atoms with E-state index < -0.39 is 0 Å². The molecule has 2 rings (SSSR count). The number of halogens is 3. The molecule has 0 N–H and O–H groups in total.